The highest BCUT2D eigenvalue weighted by molar-refractivity contribution is 7.92. The molecule has 35 heavy (non-hydrogen) atoms. The molecule has 3 aromatic carbocycles. The van der Waals surface area contributed by atoms with Crippen molar-refractivity contribution in [1.29, 1.82) is 0 Å². The molecule has 0 fully saturated rings. The first-order valence-electron chi connectivity index (χ1n) is 10.2. The van der Waals surface area contributed by atoms with E-state index in [9.17, 15) is 40.6 Å². The predicted octanol–water partition coefficient (Wildman–Crippen LogP) is 3.96. The zero-order chi connectivity index (χ0) is 25.5. The quantitative estimate of drug-likeness (QED) is 0.503. The van der Waals surface area contributed by atoms with E-state index in [-0.39, 0.29) is 22.6 Å². The predicted molar refractivity (Wildman–Crippen MR) is 115 cm³/mol. The minimum atomic E-state index is -4.80. The highest BCUT2D eigenvalue weighted by atomic mass is 32.2. The van der Waals surface area contributed by atoms with E-state index in [1.807, 2.05) is 0 Å². The fraction of sp³-hybridized carbons (Fsp3) is 0.217. The van der Waals surface area contributed by atoms with E-state index in [0.29, 0.717) is 10.4 Å². The molecule has 0 saturated heterocycles. The van der Waals surface area contributed by atoms with Crippen molar-refractivity contribution in [2.24, 2.45) is 0 Å². The molecule has 2 atom stereocenters. The molecule has 3 aromatic rings. The van der Waals surface area contributed by atoms with Gasteiger partial charge < -0.3 is 14.9 Å². The maximum atomic E-state index is 14.4. The molecule has 1 heterocycles. The summed E-state index contributed by atoms with van der Waals surface area (Å²) in [4.78, 5) is -0.681. The minimum Gasteiger partial charge on any atom is -0.484 e. The molecule has 1 aliphatic rings. The molecule has 1 unspecified atom stereocenters. The van der Waals surface area contributed by atoms with Crippen molar-refractivity contribution in [3.63, 3.8) is 0 Å². The van der Waals surface area contributed by atoms with Gasteiger partial charge >= 0.3 is 6.18 Å². The molecule has 0 radical (unpaired) electrons. The molecule has 186 valence electrons. The highest BCUT2D eigenvalue weighted by Crippen LogP contribution is 2.41. The number of rotatable bonds is 5. The van der Waals surface area contributed by atoms with E-state index in [0.717, 1.165) is 36.4 Å². The Kier molecular flexibility index (Phi) is 6.47. The number of halogens is 5. The smallest absolute Gasteiger partial charge is 0.416 e. The molecule has 2 N–H and O–H groups in total. The van der Waals surface area contributed by atoms with E-state index >= 15 is 0 Å². The fourth-order valence-corrected chi connectivity index (χ4v) is 5.19. The molecule has 4 rings (SSSR count). The van der Waals surface area contributed by atoms with Crippen LogP contribution in [0.4, 0.5) is 27.6 Å². The second-order valence-electron chi connectivity index (χ2n) is 7.77. The number of sulfonamides is 1. The molecule has 0 amide bonds. The summed E-state index contributed by atoms with van der Waals surface area (Å²) in [6.45, 7) is -1.34. The van der Waals surface area contributed by atoms with Crippen LogP contribution in [0.2, 0.25) is 0 Å². The third kappa shape index (κ3) is 4.81. The number of aliphatic hydroxyl groups is 2. The standard InChI is InChI=1S/C23H18F5NO5S/c24-15-5-6-18(25)17(10-15)13-4-7-21-19(8-13)29(11-22(34-21)20(31)12-30)35(32,33)16-3-1-2-14(9-16)23(26,27)28/h1-10,20,22,30-31H,11-12H2/t20-,22?/m1/s1. The number of ether oxygens (including phenoxy) is 1. The van der Waals surface area contributed by atoms with Gasteiger partial charge in [0.25, 0.3) is 10.0 Å². The van der Waals surface area contributed by atoms with Crippen LogP contribution in [0.1, 0.15) is 5.56 Å². The van der Waals surface area contributed by atoms with Crippen LogP contribution < -0.4 is 9.04 Å². The lowest BCUT2D eigenvalue weighted by molar-refractivity contribution is -0.137. The third-order valence-electron chi connectivity index (χ3n) is 5.46. The Morgan fingerprint density at radius 1 is 1.06 bits per heavy atom. The molecule has 0 spiro atoms. The number of alkyl halides is 3. The summed E-state index contributed by atoms with van der Waals surface area (Å²) >= 11 is 0. The first-order chi connectivity index (χ1) is 16.4. The monoisotopic (exact) mass is 515 g/mol. The van der Waals surface area contributed by atoms with Crippen LogP contribution in [0.3, 0.4) is 0 Å². The number of nitrogens with zero attached hydrogens (tertiary/aromatic N) is 1. The molecule has 0 aliphatic carbocycles. The number of benzene rings is 3. The Hall–Kier alpha value is -3.22. The Bertz CT molecular complexity index is 1360. The summed E-state index contributed by atoms with van der Waals surface area (Å²) in [6, 6.07) is 9.61. The van der Waals surface area contributed by atoms with Gasteiger partial charge in [-0.3, -0.25) is 4.31 Å². The van der Waals surface area contributed by atoms with Crippen molar-refractivity contribution < 1.29 is 45.3 Å². The van der Waals surface area contributed by atoms with Crippen LogP contribution in [-0.4, -0.2) is 44.0 Å². The van der Waals surface area contributed by atoms with Crippen molar-refractivity contribution in [2.75, 3.05) is 17.5 Å². The summed E-state index contributed by atoms with van der Waals surface area (Å²) in [6.07, 6.45) is -7.57. The first kappa shape index (κ1) is 24.9. The molecule has 1 aliphatic heterocycles. The number of hydrogen-bond acceptors (Lipinski definition) is 5. The summed E-state index contributed by atoms with van der Waals surface area (Å²) < 4.78 is 101. The van der Waals surface area contributed by atoms with Crippen molar-refractivity contribution in [1.82, 2.24) is 0 Å². The number of anilines is 1. The molecule has 0 bridgehead atoms. The fourth-order valence-electron chi connectivity index (χ4n) is 3.67. The van der Waals surface area contributed by atoms with Gasteiger partial charge in [-0.15, -0.1) is 0 Å². The lowest BCUT2D eigenvalue weighted by Crippen LogP contribution is -2.49. The Labute approximate surface area is 196 Å². The van der Waals surface area contributed by atoms with Crippen molar-refractivity contribution in [2.45, 2.75) is 23.3 Å². The minimum absolute atomic E-state index is 0.0785. The van der Waals surface area contributed by atoms with Gasteiger partial charge in [-0.25, -0.2) is 17.2 Å². The maximum absolute atomic E-state index is 14.4. The Balaban J connectivity index is 1.87. The molecule has 6 nitrogen and oxygen atoms in total. The van der Waals surface area contributed by atoms with Gasteiger partial charge in [0.1, 0.15) is 29.6 Å². The SMILES string of the molecule is O=S(=O)(c1cccc(C(F)(F)F)c1)N1CC([C@H](O)CO)Oc2ccc(-c3cc(F)ccc3F)cc21. The second-order valence-corrected chi connectivity index (χ2v) is 9.64. The van der Waals surface area contributed by atoms with E-state index in [4.69, 9.17) is 4.74 Å². The van der Waals surface area contributed by atoms with Crippen LogP contribution in [-0.2, 0) is 16.2 Å². The summed E-state index contributed by atoms with van der Waals surface area (Å²) in [5, 5.41) is 19.4. The van der Waals surface area contributed by atoms with Crippen molar-refractivity contribution in [3.05, 3.63) is 77.9 Å². The van der Waals surface area contributed by atoms with Gasteiger partial charge in [0.15, 0.2) is 0 Å². The number of aliphatic hydroxyl groups excluding tert-OH is 2. The molecular formula is C23H18F5NO5S. The zero-order valence-electron chi connectivity index (χ0n) is 17.7. The molecule has 0 aromatic heterocycles. The third-order valence-corrected chi connectivity index (χ3v) is 7.23. The Morgan fingerprint density at radius 2 is 1.80 bits per heavy atom. The number of hydrogen-bond donors (Lipinski definition) is 2. The lowest BCUT2D eigenvalue weighted by atomic mass is 10.0. The Morgan fingerprint density at radius 3 is 2.49 bits per heavy atom. The van der Waals surface area contributed by atoms with Crippen molar-refractivity contribution >= 4 is 15.7 Å². The van der Waals surface area contributed by atoms with Gasteiger partial charge in [-0.2, -0.15) is 13.2 Å². The van der Waals surface area contributed by atoms with E-state index in [1.165, 1.54) is 18.2 Å². The van der Waals surface area contributed by atoms with Crippen LogP contribution in [0.15, 0.2) is 65.6 Å². The van der Waals surface area contributed by atoms with Gasteiger partial charge in [-0.1, -0.05) is 12.1 Å². The van der Waals surface area contributed by atoms with E-state index in [1.54, 1.807) is 0 Å². The van der Waals surface area contributed by atoms with Gasteiger partial charge in [0.05, 0.1) is 29.3 Å². The summed E-state index contributed by atoms with van der Waals surface area (Å²) in [7, 11) is -4.66. The topological polar surface area (TPSA) is 87.1 Å². The van der Waals surface area contributed by atoms with Crippen LogP contribution in [0.25, 0.3) is 11.1 Å². The van der Waals surface area contributed by atoms with Crippen LogP contribution in [0.5, 0.6) is 5.75 Å². The second kappa shape index (κ2) is 9.10. The normalized spacial score (nSPS) is 17.0. The van der Waals surface area contributed by atoms with E-state index < -0.39 is 63.7 Å². The van der Waals surface area contributed by atoms with Gasteiger partial charge in [0.2, 0.25) is 0 Å². The van der Waals surface area contributed by atoms with Gasteiger partial charge in [0, 0.05) is 5.56 Å². The van der Waals surface area contributed by atoms with Crippen molar-refractivity contribution in [3.8, 4) is 16.9 Å². The largest absolute Gasteiger partial charge is 0.484 e. The maximum Gasteiger partial charge on any atom is 0.416 e. The molecule has 0 saturated carbocycles. The average Bonchev–Trinajstić information content (AvgIpc) is 2.83. The molecule has 12 heteroatoms. The number of fused-ring (bicyclic) bond motifs is 1. The summed E-state index contributed by atoms with van der Waals surface area (Å²) in [5.74, 6) is -1.62. The molecular weight excluding hydrogens is 497 g/mol. The highest BCUT2D eigenvalue weighted by Gasteiger charge is 2.39. The van der Waals surface area contributed by atoms with E-state index in [2.05, 4.69) is 0 Å². The summed E-state index contributed by atoms with van der Waals surface area (Å²) in [5.41, 5.74) is -1.45. The average molecular weight is 515 g/mol. The first-order valence-corrected chi connectivity index (χ1v) is 11.6. The lowest BCUT2D eigenvalue weighted by Gasteiger charge is -2.37. The van der Waals surface area contributed by atoms with Gasteiger partial charge in [-0.05, 0) is 54.1 Å². The van der Waals surface area contributed by atoms with Crippen LogP contribution in [0, 0.1) is 11.6 Å². The van der Waals surface area contributed by atoms with Crippen LogP contribution >= 0.6 is 0 Å². The zero-order valence-corrected chi connectivity index (χ0v) is 18.5.